The molecule has 0 saturated heterocycles. The lowest BCUT2D eigenvalue weighted by Gasteiger charge is -2.28. The molecule has 0 radical (unpaired) electrons. The first-order valence-corrected chi connectivity index (χ1v) is 20.2. The van der Waals surface area contributed by atoms with Crippen LogP contribution in [0, 0.1) is 0 Å². The molecule has 0 spiro atoms. The van der Waals surface area contributed by atoms with Gasteiger partial charge in [0.25, 0.3) is 0 Å². The number of hydrogen-bond acceptors (Lipinski definition) is 4. The van der Waals surface area contributed by atoms with E-state index in [0.717, 1.165) is 72.3 Å². The molecule has 0 saturated carbocycles. The number of aromatic nitrogens is 3. The lowest BCUT2D eigenvalue weighted by Crippen LogP contribution is -2.23. The summed E-state index contributed by atoms with van der Waals surface area (Å²) in [4.78, 5) is 14.3. The molecule has 4 nitrogen and oxygen atoms in total. The van der Waals surface area contributed by atoms with Crippen molar-refractivity contribution in [3.63, 3.8) is 0 Å². The number of para-hydroxylation sites is 1. The fourth-order valence-electron chi connectivity index (χ4n) is 8.08. The van der Waals surface area contributed by atoms with Crippen LogP contribution in [0.15, 0.2) is 181 Å². The Kier molecular flexibility index (Phi) is 9.01. The summed E-state index contributed by atoms with van der Waals surface area (Å²) in [6.07, 6.45) is 1.65. The minimum atomic E-state index is -2.43. The van der Waals surface area contributed by atoms with E-state index in [1.807, 2.05) is 103 Å². The van der Waals surface area contributed by atoms with Crippen LogP contribution in [-0.4, -0.2) is 15.0 Å². The Bertz CT molecular complexity index is 2920. The van der Waals surface area contributed by atoms with Crippen LogP contribution in [0.4, 0.5) is 0 Å². The van der Waals surface area contributed by atoms with Gasteiger partial charge in [0.2, 0.25) is 0 Å². The maximum Gasteiger partial charge on any atom is 0.135 e. The Balaban J connectivity index is 1.04. The molecule has 0 atom stereocenters. The van der Waals surface area contributed by atoms with Crippen molar-refractivity contribution < 1.29 is 9.90 Å². The molecule has 0 fully saturated rings. The highest BCUT2D eigenvalue weighted by Gasteiger charge is 2.25. The smallest absolute Gasteiger partial charge is 0.135 e. The Morgan fingerprint density at radius 1 is 0.424 bits per heavy atom. The van der Waals surface area contributed by atoms with Crippen LogP contribution in [0.5, 0.6) is 0 Å². The number of rotatable bonds is 12. The van der Waals surface area contributed by atoms with E-state index in [1.165, 1.54) is 6.20 Å². The van der Waals surface area contributed by atoms with Crippen LogP contribution in [-0.2, 0) is 36.4 Å². The molecule has 0 unspecified atom stereocenters. The van der Waals surface area contributed by atoms with E-state index in [2.05, 4.69) is 82.3 Å². The van der Waals surface area contributed by atoms with Gasteiger partial charge in [0, 0.05) is 51.5 Å². The summed E-state index contributed by atoms with van der Waals surface area (Å²) in [7, 11) is 0. The highest BCUT2D eigenvalue weighted by Crippen LogP contribution is 2.34. The third kappa shape index (κ3) is 8.35. The van der Waals surface area contributed by atoms with Gasteiger partial charge in [-0.2, -0.15) is 0 Å². The normalized spacial score (nSPS) is 13.5. The van der Waals surface area contributed by atoms with Gasteiger partial charge in [0.05, 0.1) is 17.1 Å². The van der Waals surface area contributed by atoms with E-state index < -0.39 is 12.7 Å². The molecular formula is C55H49N3O. The first-order valence-electron chi connectivity index (χ1n) is 22.2. The van der Waals surface area contributed by atoms with Gasteiger partial charge >= 0.3 is 0 Å². The van der Waals surface area contributed by atoms with E-state index in [0.29, 0.717) is 18.5 Å². The summed E-state index contributed by atoms with van der Waals surface area (Å²) in [5.74, 6) is 0. The summed E-state index contributed by atoms with van der Waals surface area (Å²) in [6, 6.07) is 51.7. The van der Waals surface area contributed by atoms with E-state index >= 15 is 0 Å². The van der Waals surface area contributed by atoms with E-state index in [9.17, 15) is 5.48 Å². The molecule has 0 amide bonds. The van der Waals surface area contributed by atoms with Crippen molar-refractivity contribution in [3.05, 3.63) is 210 Å². The first-order chi connectivity index (χ1) is 30.2. The average molecular weight is 772 g/mol. The molecule has 290 valence electrons. The molecule has 0 aliphatic carbocycles. The summed E-state index contributed by atoms with van der Waals surface area (Å²) >= 11 is 0. The second-order valence-corrected chi connectivity index (χ2v) is 16.7. The molecule has 0 aliphatic rings. The minimum Gasteiger partial charge on any atom is -0.456 e. The van der Waals surface area contributed by atoms with Crippen molar-refractivity contribution in [2.24, 2.45) is 0 Å². The summed E-state index contributed by atoms with van der Waals surface area (Å²) in [6.45, 7) is 8.71. The third-order valence-electron chi connectivity index (χ3n) is 11.4. The summed E-state index contributed by atoms with van der Waals surface area (Å²) in [5.41, 5.74) is 10.7. The highest BCUT2D eigenvalue weighted by atomic mass is 16.3. The number of furan rings is 1. The highest BCUT2D eigenvalue weighted by molar-refractivity contribution is 6.06. The second kappa shape index (κ2) is 15.9. The number of pyridine rings is 3. The molecule has 4 aromatic heterocycles. The molecule has 9 rings (SSSR count). The van der Waals surface area contributed by atoms with E-state index in [4.69, 9.17) is 19.4 Å². The Hall–Kier alpha value is -6.65. The van der Waals surface area contributed by atoms with Crippen LogP contribution in [0.2, 0.25) is 0 Å². The van der Waals surface area contributed by atoms with Gasteiger partial charge in [0.15, 0.2) is 0 Å². The van der Waals surface area contributed by atoms with Crippen molar-refractivity contribution in [2.45, 2.75) is 64.1 Å². The fourth-order valence-corrected chi connectivity index (χ4v) is 8.08. The molecule has 59 heavy (non-hydrogen) atoms. The number of fused-ring (bicyclic) bond motifs is 3. The topological polar surface area (TPSA) is 51.8 Å². The van der Waals surface area contributed by atoms with Crippen LogP contribution in [0.3, 0.4) is 0 Å². The SMILES string of the molecule is [2H]C([2H])(c1ccc(-c2ccc3oc4ccccc4c3c2)nc1)C([2H])([2H])c1cc(CC(C)(C)c2ccc(-c3ccccc3)nc2)cc(CC(C)(C)c2ccc(-c3ccccc3)nc2)c1. The number of benzene rings is 5. The largest absolute Gasteiger partial charge is 0.456 e. The number of hydrogen-bond donors (Lipinski definition) is 0. The zero-order valence-electron chi connectivity index (χ0n) is 37.9. The monoisotopic (exact) mass is 771 g/mol. The van der Waals surface area contributed by atoms with E-state index in [-0.39, 0.29) is 22.0 Å². The number of nitrogens with zero attached hydrogens (tertiary/aromatic N) is 3. The van der Waals surface area contributed by atoms with Crippen molar-refractivity contribution >= 4 is 21.9 Å². The summed E-state index contributed by atoms with van der Waals surface area (Å²) < 4.78 is 44.1. The van der Waals surface area contributed by atoms with Gasteiger partial charge in [0.1, 0.15) is 11.2 Å². The lowest BCUT2D eigenvalue weighted by molar-refractivity contribution is 0.512. The molecule has 0 aliphatic heterocycles. The zero-order chi connectivity index (χ0) is 44.0. The van der Waals surface area contributed by atoms with Gasteiger partial charge in [-0.25, -0.2) is 0 Å². The van der Waals surface area contributed by atoms with Gasteiger partial charge < -0.3 is 4.42 Å². The van der Waals surface area contributed by atoms with Gasteiger partial charge in [-0.15, -0.1) is 0 Å². The fraction of sp³-hybridized carbons (Fsp3) is 0.182. The average Bonchev–Trinajstić information content (AvgIpc) is 3.67. The Labute approximate surface area is 353 Å². The van der Waals surface area contributed by atoms with Crippen LogP contribution >= 0.6 is 0 Å². The van der Waals surface area contributed by atoms with E-state index in [1.54, 1.807) is 12.1 Å². The van der Waals surface area contributed by atoms with Gasteiger partial charge in [-0.1, -0.05) is 143 Å². The number of aryl methyl sites for hydroxylation is 2. The van der Waals surface area contributed by atoms with Crippen LogP contribution in [0.25, 0.3) is 55.7 Å². The second-order valence-electron chi connectivity index (χ2n) is 16.7. The first kappa shape index (κ1) is 33.3. The van der Waals surface area contributed by atoms with Crippen molar-refractivity contribution in [1.29, 1.82) is 0 Å². The lowest BCUT2D eigenvalue weighted by atomic mass is 9.77. The predicted molar refractivity (Wildman–Crippen MR) is 244 cm³/mol. The zero-order valence-corrected chi connectivity index (χ0v) is 33.9. The maximum atomic E-state index is 9.60. The molecule has 4 heterocycles. The van der Waals surface area contributed by atoms with Crippen LogP contribution in [0.1, 0.15) is 66.6 Å². The molecule has 9 aromatic rings. The quantitative estimate of drug-likeness (QED) is 0.124. The Morgan fingerprint density at radius 2 is 0.915 bits per heavy atom. The van der Waals surface area contributed by atoms with Crippen molar-refractivity contribution in [3.8, 4) is 33.8 Å². The molecule has 5 aromatic carbocycles. The Morgan fingerprint density at radius 3 is 1.47 bits per heavy atom. The van der Waals surface area contributed by atoms with Crippen LogP contribution < -0.4 is 0 Å². The van der Waals surface area contributed by atoms with Gasteiger partial charge in [-0.05, 0) is 112 Å². The third-order valence-corrected chi connectivity index (χ3v) is 11.4. The molecule has 4 heteroatoms. The predicted octanol–water partition coefficient (Wildman–Crippen LogP) is 13.6. The van der Waals surface area contributed by atoms with Gasteiger partial charge in [-0.3, -0.25) is 15.0 Å². The maximum absolute atomic E-state index is 9.60. The van der Waals surface area contributed by atoms with Crippen molar-refractivity contribution in [1.82, 2.24) is 15.0 Å². The summed E-state index contributed by atoms with van der Waals surface area (Å²) in [5, 5.41) is 1.99. The minimum absolute atomic E-state index is 0.160. The molecule has 0 N–H and O–H groups in total. The van der Waals surface area contributed by atoms with Crippen molar-refractivity contribution in [2.75, 3.05) is 0 Å². The standard InChI is InChI=1S/C55H49N3O/c1-54(2,45-23-26-49(57-36-45)42-13-7-5-8-14-42)33-40-29-39(30-41(31-40)34-55(3,4)46-24-27-50(58-37-46)43-15-9-6-10-16-43)20-19-38-21-25-51(56-35-38)44-22-28-53-48(32-44)47-17-11-12-18-52(47)59-53/h5-18,21-32,35-37H,19-20,33-34H2,1-4H3/i19D2,20D2. The molecular weight excluding hydrogens is 719 g/mol. The molecule has 0 bridgehead atoms.